The van der Waals surface area contributed by atoms with Crippen LogP contribution in [0.2, 0.25) is 0 Å². The van der Waals surface area contributed by atoms with Gasteiger partial charge in [-0.1, -0.05) is 47.8 Å². The third-order valence-corrected chi connectivity index (χ3v) is 4.19. The van der Waals surface area contributed by atoms with E-state index in [4.69, 9.17) is 9.79 Å². The van der Waals surface area contributed by atoms with Crippen molar-refractivity contribution in [1.82, 2.24) is 0 Å². The third kappa shape index (κ3) is 6.16. The van der Waals surface area contributed by atoms with Crippen LogP contribution in [0.3, 0.4) is 0 Å². The molecule has 56 valence electrons. The van der Waals surface area contributed by atoms with E-state index in [2.05, 4.69) is 52.3 Å². The maximum atomic E-state index is 8.30. The highest BCUT2D eigenvalue weighted by molar-refractivity contribution is 9.25. The van der Waals surface area contributed by atoms with Crippen LogP contribution in [0.15, 0.2) is 0 Å². The predicted octanol–water partition coefficient (Wildman–Crippen LogP) is 2.05. The van der Waals surface area contributed by atoms with Crippen molar-refractivity contribution in [1.29, 1.82) is 0 Å². The fourth-order valence-electron chi connectivity index (χ4n) is 0.136. The van der Waals surface area contributed by atoms with Gasteiger partial charge in [-0.3, -0.25) is 4.52 Å². The zero-order valence-corrected chi connectivity index (χ0v) is 9.69. The smallest absolute Gasteiger partial charge is 0.328 e. The van der Waals surface area contributed by atoms with Gasteiger partial charge in [0.15, 0.2) is 0 Å². The summed E-state index contributed by atoms with van der Waals surface area (Å²) in [6, 6.07) is 0. The van der Waals surface area contributed by atoms with Crippen molar-refractivity contribution in [3.05, 3.63) is 0 Å². The van der Waals surface area contributed by atoms with E-state index in [1.165, 1.54) is 0 Å². The fourth-order valence-corrected chi connectivity index (χ4v) is 1.44. The van der Waals surface area contributed by atoms with E-state index >= 15 is 0 Å². The number of halogens is 3. The van der Waals surface area contributed by atoms with Gasteiger partial charge in [0, 0.05) is 0 Å². The first kappa shape index (κ1) is 10.8. The largest absolute Gasteiger partial charge is 0.328 e. The average molecular weight is 347 g/mol. The second-order valence-electron chi connectivity index (χ2n) is 1.04. The monoisotopic (exact) mass is 344 g/mol. The Hall–Kier alpha value is 1.75. The zero-order valence-electron chi connectivity index (χ0n) is 4.04. The first-order valence-electron chi connectivity index (χ1n) is 1.81. The summed E-state index contributed by atoms with van der Waals surface area (Å²) < 4.78 is 4.38. The molecule has 0 saturated carbocycles. The molecular weight excluding hydrogens is 343 g/mol. The molecule has 0 aliphatic rings. The quantitative estimate of drug-likeness (QED) is 0.607. The van der Waals surface area contributed by atoms with Crippen molar-refractivity contribution in [3.63, 3.8) is 0 Å². The number of alkyl halides is 3. The minimum Gasteiger partial charge on any atom is -0.328 e. The molecule has 9 heavy (non-hydrogen) atoms. The van der Waals surface area contributed by atoms with Crippen LogP contribution in [0.4, 0.5) is 0 Å². The molecule has 0 saturated heterocycles. The Morgan fingerprint density at radius 2 is 1.67 bits per heavy atom. The van der Waals surface area contributed by atoms with Crippen molar-refractivity contribution >= 4 is 56.4 Å². The molecule has 3 nitrogen and oxygen atoms in total. The van der Waals surface area contributed by atoms with Crippen LogP contribution < -0.4 is 0 Å². The standard InChI is InChI=1S/C2H4Br3O3P/c3-1(4)2(5)8-9(6)7/h1-2,6-7H. The van der Waals surface area contributed by atoms with Gasteiger partial charge >= 0.3 is 8.60 Å². The molecule has 0 rings (SSSR count). The summed E-state index contributed by atoms with van der Waals surface area (Å²) in [6.07, 6.45) is 0. The lowest BCUT2D eigenvalue weighted by atomic mass is 10.9. The minimum atomic E-state index is -2.28. The van der Waals surface area contributed by atoms with Crippen LogP contribution in [0, 0.1) is 0 Å². The highest BCUT2D eigenvalue weighted by atomic mass is 79.9. The Bertz CT molecular complexity index is 79.5. The second kappa shape index (κ2) is 5.41. The molecule has 2 N–H and O–H groups in total. The summed E-state index contributed by atoms with van der Waals surface area (Å²) in [4.78, 5) is 16.6. The van der Waals surface area contributed by atoms with E-state index < -0.39 is 13.6 Å². The number of hydrogen-bond donors (Lipinski definition) is 2. The predicted molar refractivity (Wildman–Crippen MR) is 46.8 cm³/mol. The molecule has 0 amide bonds. The van der Waals surface area contributed by atoms with Crippen LogP contribution in [0.25, 0.3) is 0 Å². The van der Waals surface area contributed by atoms with Crippen molar-refractivity contribution in [2.45, 2.75) is 8.75 Å². The van der Waals surface area contributed by atoms with Crippen molar-refractivity contribution in [2.75, 3.05) is 0 Å². The average Bonchev–Trinajstić information content (AvgIpc) is 1.63. The molecule has 0 spiro atoms. The van der Waals surface area contributed by atoms with Gasteiger partial charge in [-0.25, -0.2) is 0 Å². The second-order valence-corrected chi connectivity index (χ2v) is 5.86. The number of hydrogen-bond acceptors (Lipinski definition) is 3. The molecule has 0 aliphatic heterocycles. The summed E-state index contributed by atoms with van der Waals surface area (Å²) in [5, 5.41) is -0.432. The Labute approximate surface area is 79.2 Å². The fraction of sp³-hybridized carbons (Fsp3) is 1.00. The van der Waals surface area contributed by atoms with Gasteiger partial charge in [0.05, 0.1) is 0 Å². The molecule has 1 atom stereocenters. The highest BCUT2D eigenvalue weighted by Gasteiger charge is 2.16. The lowest BCUT2D eigenvalue weighted by molar-refractivity contribution is 0.252. The SMILES string of the molecule is OP(O)OC(Br)C(Br)Br. The summed E-state index contributed by atoms with van der Waals surface area (Å²) in [5.41, 5.74) is 0. The molecule has 7 heteroatoms. The van der Waals surface area contributed by atoms with E-state index in [9.17, 15) is 0 Å². The first-order chi connectivity index (χ1) is 4.04. The van der Waals surface area contributed by atoms with Gasteiger partial charge < -0.3 is 9.79 Å². The van der Waals surface area contributed by atoms with Gasteiger partial charge in [-0.15, -0.1) is 0 Å². The van der Waals surface area contributed by atoms with Gasteiger partial charge in [0.2, 0.25) is 0 Å². The maximum Gasteiger partial charge on any atom is 0.328 e. The van der Waals surface area contributed by atoms with E-state index in [0.717, 1.165) is 0 Å². The van der Waals surface area contributed by atoms with E-state index in [1.807, 2.05) is 0 Å². The third-order valence-electron chi connectivity index (χ3n) is 0.393. The van der Waals surface area contributed by atoms with Crippen molar-refractivity contribution in [3.8, 4) is 0 Å². The van der Waals surface area contributed by atoms with Crippen LogP contribution in [-0.2, 0) is 4.52 Å². The molecule has 0 bridgehead atoms. The Morgan fingerprint density at radius 1 is 1.22 bits per heavy atom. The molecule has 0 aromatic carbocycles. The first-order valence-corrected chi connectivity index (χ1v) is 5.72. The molecular formula is C2H4Br3O3P. The van der Waals surface area contributed by atoms with Crippen LogP contribution in [0.1, 0.15) is 0 Å². The summed E-state index contributed by atoms with van der Waals surface area (Å²) in [7, 11) is -2.28. The molecule has 1 unspecified atom stereocenters. The van der Waals surface area contributed by atoms with Gasteiger partial charge in [-0.05, 0) is 0 Å². The Kier molecular flexibility index (Phi) is 6.46. The Morgan fingerprint density at radius 3 is 1.78 bits per heavy atom. The Balaban J connectivity index is 3.38. The van der Waals surface area contributed by atoms with E-state index in [0.29, 0.717) is 0 Å². The zero-order chi connectivity index (χ0) is 7.44. The molecule has 0 heterocycles. The van der Waals surface area contributed by atoms with Gasteiger partial charge in [0.25, 0.3) is 0 Å². The minimum absolute atomic E-state index is 0.130. The molecule has 0 fully saturated rings. The van der Waals surface area contributed by atoms with Crippen LogP contribution in [-0.4, -0.2) is 18.5 Å². The highest BCUT2D eigenvalue weighted by Crippen LogP contribution is 2.34. The van der Waals surface area contributed by atoms with Crippen molar-refractivity contribution in [2.24, 2.45) is 0 Å². The van der Waals surface area contributed by atoms with Crippen LogP contribution in [0.5, 0.6) is 0 Å². The summed E-state index contributed by atoms with van der Waals surface area (Å²) >= 11 is 9.23. The lowest BCUT2D eigenvalue weighted by Crippen LogP contribution is -2.08. The number of rotatable bonds is 3. The van der Waals surface area contributed by atoms with Gasteiger partial charge in [-0.2, -0.15) is 0 Å². The van der Waals surface area contributed by atoms with E-state index in [1.54, 1.807) is 0 Å². The lowest BCUT2D eigenvalue weighted by Gasteiger charge is -2.11. The van der Waals surface area contributed by atoms with Gasteiger partial charge in [0.1, 0.15) is 8.75 Å². The van der Waals surface area contributed by atoms with Crippen molar-refractivity contribution < 1.29 is 14.3 Å². The van der Waals surface area contributed by atoms with Crippen LogP contribution >= 0.6 is 56.4 Å². The van der Waals surface area contributed by atoms with E-state index in [-0.39, 0.29) is 3.74 Å². The molecule has 0 aliphatic carbocycles. The molecule has 0 aromatic rings. The summed E-state index contributed by atoms with van der Waals surface area (Å²) in [5.74, 6) is 0. The molecule has 0 aromatic heterocycles. The molecule has 0 radical (unpaired) electrons. The normalized spacial score (nSPS) is 15.0. The topological polar surface area (TPSA) is 49.7 Å². The maximum absolute atomic E-state index is 8.30. The summed E-state index contributed by atoms with van der Waals surface area (Å²) in [6.45, 7) is 0.